The van der Waals surface area contributed by atoms with Gasteiger partial charge in [-0.1, -0.05) is 0 Å². The Kier molecular flexibility index (Phi) is 8.71. The van der Waals surface area contributed by atoms with Crippen molar-refractivity contribution in [3.8, 4) is 17.2 Å². The second-order valence-electron chi connectivity index (χ2n) is 7.94. The Hall–Kier alpha value is -2.31. The Morgan fingerprint density at radius 3 is 1.74 bits per heavy atom. The number of rotatable bonds is 7. The highest BCUT2D eigenvalue weighted by molar-refractivity contribution is 5.91. The van der Waals surface area contributed by atoms with E-state index in [2.05, 4.69) is 4.74 Å². The van der Waals surface area contributed by atoms with Gasteiger partial charge in [-0.05, 0) is 12.1 Å². The van der Waals surface area contributed by atoms with Gasteiger partial charge in [0.05, 0.1) is 25.9 Å². The van der Waals surface area contributed by atoms with Gasteiger partial charge >= 0.3 is 5.97 Å². The minimum atomic E-state index is -1.87. The molecule has 2 unspecified atom stereocenters. The van der Waals surface area contributed by atoms with Crippen molar-refractivity contribution in [2.75, 3.05) is 20.3 Å². The van der Waals surface area contributed by atoms with Gasteiger partial charge in [0.1, 0.15) is 48.8 Å². The Bertz CT molecular complexity index is 876. The summed E-state index contributed by atoms with van der Waals surface area (Å²) in [6, 6.07) is 1.90. The second-order valence-corrected chi connectivity index (χ2v) is 7.94. The highest BCUT2D eigenvalue weighted by Crippen LogP contribution is 2.41. The summed E-state index contributed by atoms with van der Waals surface area (Å²) in [5, 5.41) is 89.6. The molecule has 2 aliphatic rings. The Morgan fingerprint density at radius 2 is 1.29 bits per heavy atom. The number of aliphatic hydroxyl groups is 8. The molecule has 15 heteroatoms. The molecule has 9 N–H and O–H groups in total. The summed E-state index contributed by atoms with van der Waals surface area (Å²) >= 11 is 0. The first-order valence-electron chi connectivity index (χ1n) is 10.4. The number of ether oxygens (including phenoxy) is 5. The molecule has 0 saturated carbocycles. The number of esters is 1. The van der Waals surface area contributed by atoms with Crippen molar-refractivity contribution in [2.24, 2.45) is 0 Å². The number of phenolic OH excluding ortho intramolecular Hbond substituents is 1. The third-order valence-electron chi connectivity index (χ3n) is 5.63. The van der Waals surface area contributed by atoms with Gasteiger partial charge < -0.3 is 69.6 Å². The largest absolute Gasteiger partial charge is 0.504 e. The summed E-state index contributed by atoms with van der Waals surface area (Å²) in [6.07, 6.45) is -16.9. The number of benzene rings is 1. The minimum Gasteiger partial charge on any atom is -0.504 e. The van der Waals surface area contributed by atoms with Crippen LogP contribution in [0.2, 0.25) is 0 Å². The molecule has 198 valence electrons. The van der Waals surface area contributed by atoms with Crippen LogP contribution in [0.4, 0.5) is 0 Å². The fraction of sp³-hybridized carbons (Fsp3) is 0.650. The Balaban J connectivity index is 1.97. The molecule has 15 nitrogen and oxygen atoms in total. The van der Waals surface area contributed by atoms with E-state index in [1.165, 1.54) is 0 Å². The molecule has 10 atom stereocenters. The van der Waals surface area contributed by atoms with Gasteiger partial charge in [0.2, 0.25) is 18.3 Å². The van der Waals surface area contributed by atoms with Crippen molar-refractivity contribution in [1.29, 1.82) is 0 Å². The highest BCUT2D eigenvalue weighted by atomic mass is 16.7. The van der Waals surface area contributed by atoms with E-state index in [9.17, 15) is 50.8 Å². The van der Waals surface area contributed by atoms with Crippen molar-refractivity contribution in [2.45, 2.75) is 61.4 Å². The standard InChI is InChI=1S/C20H28O15/c1-31-18(30)6-2-7(23)17(35-20-16(29)14(27)12(25)10(5-22)34-20)8(3-6)32-19-15(28)13(26)11(24)9(4-21)33-19/h2-3,9-16,19-29H,4-5H2,1H3/t9-,10-,11-,12-,13+,14+,15-,16-,19?,20?/m1/s1. The zero-order chi connectivity index (χ0) is 26.0. The van der Waals surface area contributed by atoms with E-state index in [0.717, 1.165) is 19.2 Å². The van der Waals surface area contributed by atoms with Crippen molar-refractivity contribution in [3.63, 3.8) is 0 Å². The molecule has 35 heavy (non-hydrogen) atoms. The van der Waals surface area contributed by atoms with E-state index in [1.807, 2.05) is 0 Å². The van der Waals surface area contributed by atoms with Crippen LogP contribution >= 0.6 is 0 Å². The molecule has 1 aromatic rings. The zero-order valence-electron chi connectivity index (χ0n) is 18.3. The van der Waals surface area contributed by atoms with Crippen LogP contribution in [-0.4, -0.2) is 134 Å². The summed E-state index contributed by atoms with van der Waals surface area (Å²) in [5.41, 5.74) is -0.259. The van der Waals surface area contributed by atoms with Gasteiger partial charge in [-0.2, -0.15) is 0 Å². The van der Waals surface area contributed by atoms with Crippen molar-refractivity contribution < 1.29 is 74.4 Å². The van der Waals surface area contributed by atoms with E-state index < -0.39 is 97.8 Å². The van der Waals surface area contributed by atoms with Gasteiger partial charge in [-0.15, -0.1) is 0 Å². The molecule has 2 aliphatic heterocycles. The predicted molar refractivity (Wildman–Crippen MR) is 108 cm³/mol. The van der Waals surface area contributed by atoms with Gasteiger partial charge in [0.15, 0.2) is 11.5 Å². The monoisotopic (exact) mass is 508 g/mol. The topological polar surface area (TPSA) is 245 Å². The Labute approximate surface area is 197 Å². The van der Waals surface area contributed by atoms with Crippen LogP contribution < -0.4 is 9.47 Å². The molecular formula is C20H28O15. The molecule has 2 saturated heterocycles. The number of phenols is 1. The van der Waals surface area contributed by atoms with Crippen molar-refractivity contribution in [3.05, 3.63) is 17.7 Å². The molecule has 0 bridgehead atoms. The van der Waals surface area contributed by atoms with E-state index >= 15 is 0 Å². The number of hydrogen-bond acceptors (Lipinski definition) is 15. The number of carbonyl (C=O) groups excluding carboxylic acids is 1. The highest BCUT2D eigenvalue weighted by Gasteiger charge is 2.47. The summed E-state index contributed by atoms with van der Waals surface area (Å²) in [6.45, 7) is -1.52. The fourth-order valence-electron chi connectivity index (χ4n) is 3.60. The fourth-order valence-corrected chi connectivity index (χ4v) is 3.60. The first-order valence-corrected chi connectivity index (χ1v) is 10.4. The molecule has 0 aliphatic carbocycles. The van der Waals surface area contributed by atoms with Crippen LogP contribution in [0.5, 0.6) is 17.2 Å². The summed E-state index contributed by atoms with van der Waals surface area (Å²) < 4.78 is 26.0. The molecule has 1 aromatic carbocycles. The summed E-state index contributed by atoms with van der Waals surface area (Å²) in [7, 11) is 1.07. The third kappa shape index (κ3) is 5.44. The molecule has 0 aromatic heterocycles. The van der Waals surface area contributed by atoms with Gasteiger partial charge in [0.25, 0.3) is 0 Å². The van der Waals surface area contributed by atoms with E-state index in [1.54, 1.807) is 0 Å². The van der Waals surface area contributed by atoms with E-state index in [4.69, 9.17) is 18.9 Å². The number of aliphatic hydroxyl groups excluding tert-OH is 8. The predicted octanol–water partition coefficient (Wildman–Crippen LogP) is -4.46. The normalized spacial score (nSPS) is 37.5. The Morgan fingerprint density at radius 1 is 0.800 bits per heavy atom. The lowest BCUT2D eigenvalue weighted by Gasteiger charge is -2.41. The number of carbonyl (C=O) groups is 1. The lowest BCUT2D eigenvalue weighted by atomic mass is 9.99. The van der Waals surface area contributed by atoms with Crippen molar-refractivity contribution >= 4 is 5.97 Å². The quantitative estimate of drug-likeness (QED) is 0.158. The molecule has 2 heterocycles. The average molecular weight is 508 g/mol. The summed E-state index contributed by atoms with van der Waals surface area (Å²) in [4.78, 5) is 12.0. The van der Waals surface area contributed by atoms with Crippen LogP contribution in [0.15, 0.2) is 12.1 Å². The first-order chi connectivity index (χ1) is 16.5. The maximum atomic E-state index is 12.0. The first kappa shape index (κ1) is 27.3. The lowest BCUT2D eigenvalue weighted by Crippen LogP contribution is -2.60. The smallest absolute Gasteiger partial charge is 0.338 e. The summed E-state index contributed by atoms with van der Waals surface area (Å²) in [5.74, 6) is -2.78. The molecule has 0 amide bonds. The maximum absolute atomic E-state index is 12.0. The third-order valence-corrected chi connectivity index (χ3v) is 5.63. The lowest BCUT2D eigenvalue weighted by molar-refractivity contribution is -0.282. The maximum Gasteiger partial charge on any atom is 0.338 e. The zero-order valence-corrected chi connectivity index (χ0v) is 18.3. The van der Waals surface area contributed by atoms with Crippen LogP contribution in [-0.2, 0) is 14.2 Å². The van der Waals surface area contributed by atoms with Crippen LogP contribution in [0.25, 0.3) is 0 Å². The number of aromatic hydroxyl groups is 1. The number of hydrogen-bond donors (Lipinski definition) is 9. The molecular weight excluding hydrogens is 480 g/mol. The SMILES string of the molecule is COC(=O)c1cc(O)c(OC2O[C@H](CO)[C@@H](O)[C@H](O)[C@H]2O)c(OC2O[C@H](CO)[C@@H](O)[C@H](O)[C@H]2O)c1. The van der Waals surface area contributed by atoms with Crippen LogP contribution in [0.3, 0.4) is 0 Å². The molecule has 3 rings (SSSR count). The van der Waals surface area contributed by atoms with Gasteiger partial charge in [-0.25, -0.2) is 4.79 Å². The molecule has 2 fully saturated rings. The minimum absolute atomic E-state index is 0.259. The van der Waals surface area contributed by atoms with E-state index in [0.29, 0.717) is 0 Å². The van der Waals surface area contributed by atoms with Gasteiger partial charge in [0, 0.05) is 0 Å². The van der Waals surface area contributed by atoms with Gasteiger partial charge in [-0.3, -0.25) is 0 Å². The van der Waals surface area contributed by atoms with E-state index in [-0.39, 0.29) is 5.56 Å². The van der Waals surface area contributed by atoms with Crippen molar-refractivity contribution in [1.82, 2.24) is 0 Å². The van der Waals surface area contributed by atoms with Crippen LogP contribution in [0.1, 0.15) is 10.4 Å². The number of methoxy groups -OCH3 is 1. The second kappa shape index (κ2) is 11.2. The average Bonchev–Trinajstić information content (AvgIpc) is 2.85. The molecule has 0 spiro atoms. The molecule has 0 radical (unpaired) electrons. The van der Waals surface area contributed by atoms with Crippen LogP contribution in [0, 0.1) is 0 Å².